The van der Waals surface area contributed by atoms with Gasteiger partial charge in [-0.3, -0.25) is 0 Å². The fourth-order valence-corrected chi connectivity index (χ4v) is 1.53. The molecule has 1 fully saturated rings. The zero-order valence-corrected chi connectivity index (χ0v) is 9.38. The van der Waals surface area contributed by atoms with Gasteiger partial charge in [-0.05, 0) is 25.8 Å². The molecule has 1 aliphatic rings. The van der Waals surface area contributed by atoms with Crippen molar-refractivity contribution in [1.29, 1.82) is 0 Å². The molecule has 0 amide bonds. The van der Waals surface area contributed by atoms with Gasteiger partial charge in [0.15, 0.2) is 0 Å². The van der Waals surface area contributed by atoms with E-state index < -0.39 is 0 Å². The molecule has 88 valence electrons. The van der Waals surface area contributed by atoms with Crippen LogP contribution < -0.4 is 10.5 Å². The summed E-state index contributed by atoms with van der Waals surface area (Å²) >= 11 is 0. The molecular formula is C11H12N4O2. The largest absolute Gasteiger partial charge is 0.474 e. The van der Waals surface area contributed by atoms with Crippen LogP contribution in [0, 0.1) is 6.92 Å². The maximum atomic E-state index is 5.60. The van der Waals surface area contributed by atoms with Crippen molar-refractivity contribution in [2.45, 2.75) is 25.9 Å². The number of hydrogen-bond acceptors (Lipinski definition) is 6. The average Bonchev–Trinajstić information content (AvgIpc) is 3.00. The van der Waals surface area contributed by atoms with Crippen LogP contribution in [0.3, 0.4) is 0 Å². The average molecular weight is 232 g/mol. The van der Waals surface area contributed by atoms with Crippen LogP contribution in [-0.4, -0.2) is 21.3 Å². The van der Waals surface area contributed by atoms with Gasteiger partial charge in [0.2, 0.25) is 5.88 Å². The second kappa shape index (κ2) is 3.73. The van der Waals surface area contributed by atoms with Crippen LogP contribution >= 0.6 is 0 Å². The van der Waals surface area contributed by atoms with Gasteiger partial charge >= 0.3 is 6.01 Å². The van der Waals surface area contributed by atoms with Crippen molar-refractivity contribution in [3.8, 4) is 17.3 Å². The molecule has 0 aromatic carbocycles. The highest BCUT2D eigenvalue weighted by Gasteiger charge is 2.24. The molecule has 2 N–H and O–H groups in total. The second-order valence-electron chi connectivity index (χ2n) is 4.05. The summed E-state index contributed by atoms with van der Waals surface area (Å²) in [6.07, 6.45) is 2.57. The van der Waals surface area contributed by atoms with Crippen LogP contribution in [0.1, 0.15) is 18.5 Å². The lowest BCUT2D eigenvalue weighted by atomic mass is 10.2. The van der Waals surface area contributed by atoms with Crippen LogP contribution in [0.25, 0.3) is 11.5 Å². The molecule has 0 unspecified atom stereocenters. The predicted octanol–water partition coefficient (Wildman–Crippen LogP) is 1.56. The minimum absolute atomic E-state index is 0.0534. The molecule has 6 nitrogen and oxygen atoms in total. The van der Waals surface area contributed by atoms with Crippen molar-refractivity contribution >= 4 is 6.01 Å². The van der Waals surface area contributed by atoms with Crippen molar-refractivity contribution < 1.29 is 9.15 Å². The topological polar surface area (TPSA) is 87.1 Å². The number of nitrogen functional groups attached to an aromatic ring is 1. The van der Waals surface area contributed by atoms with Gasteiger partial charge in [-0.25, -0.2) is 4.98 Å². The first-order chi connectivity index (χ1) is 8.22. The van der Waals surface area contributed by atoms with E-state index in [1.165, 1.54) is 0 Å². The summed E-state index contributed by atoms with van der Waals surface area (Å²) in [6.45, 7) is 1.87. The van der Waals surface area contributed by atoms with Crippen molar-refractivity contribution in [2.75, 3.05) is 5.73 Å². The van der Waals surface area contributed by atoms with Crippen LogP contribution in [0.2, 0.25) is 0 Å². The highest BCUT2D eigenvalue weighted by molar-refractivity contribution is 5.56. The van der Waals surface area contributed by atoms with E-state index in [0.717, 1.165) is 24.1 Å². The van der Waals surface area contributed by atoms with Gasteiger partial charge in [0.05, 0.1) is 11.3 Å². The van der Waals surface area contributed by atoms with E-state index in [-0.39, 0.29) is 6.01 Å². The zero-order chi connectivity index (χ0) is 11.8. The van der Waals surface area contributed by atoms with Crippen LogP contribution in [-0.2, 0) is 0 Å². The number of pyridine rings is 1. The fraction of sp³-hybridized carbons (Fsp3) is 0.364. The molecule has 2 heterocycles. The first-order valence-electron chi connectivity index (χ1n) is 5.46. The fourth-order valence-electron chi connectivity index (χ4n) is 1.53. The minimum Gasteiger partial charge on any atom is -0.474 e. The van der Waals surface area contributed by atoms with Crippen molar-refractivity contribution in [3.05, 3.63) is 17.8 Å². The molecule has 0 radical (unpaired) electrons. The highest BCUT2D eigenvalue weighted by Crippen LogP contribution is 2.28. The molecular weight excluding hydrogens is 220 g/mol. The monoisotopic (exact) mass is 232 g/mol. The molecule has 0 atom stereocenters. The first-order valence-corrected chi connectivity index (χ1v) is 5.46. The first kappa shape index (κ1) is 10.1. The third-order valence-corrected chi connectivity index (χ3v) is 2.54. The molecule has 0 bridgehead atoms. The Hall–Kier alpha value is -2.11. The van der Waals surface area contributed by atoms with Crippen molar-refractivity contribution in [2.24, 2.45) is 0 Å². The van der Waals surface area contributed by atoms with E-state index in [1.807, 2.05) is 13.0 Å². The summed E-state index contributed by atoms with van der Waals surface area (Å²) in [4.78, 5) is 4.35. The lowest BCUT2D eigenvalue weighted by molar-refractivity contribution is 0.290. The lowest BCUT2D eigenvalue weighted by Gasteiger charge is -2.05. The quantitative estimate of drug-likeness (QED) is 0.864. The molecule has 1 saturated carbocycles. The summed E-state index contributed by atoms with van der Waals surface area (Å²) in [6, 6.07) is 3.71. The van der Waals surface area contributed by atoms with E-state index in [2.05, 4.69) is 15.2 Å². The number of aryl methyl sites for hydroxylation is 1. The van der Waals surface area contributed by atoms with Gasteiger partial charge in [-0.2, -0.15) is 0 Å². The SMILES string of the molecule is Cc1nc(OC2CC2)ccc1-c1nnc(N)o1. The lowest BCUT2D eigenvalue weighted by Crippen LogP contribution is -1.99. The Morgan fingerprint density at radius 1 is 1.35 bits per heavy atom. The number of rotatable bonds is 3. The van der Waals surface area contributed by atoms with E-state index in [4.69, 9.17) is 14.9 Å². The van der Waals surface area contributed by atoms with Gasteiger partial charge in [-0.15, -0.1) is 5.10 Å². The number of nitrogens with zero attached hydrogens (tertiary/aromatic N) is 3. The molecule has 0 saturated heterocycles. The predicted molar refractivity (Wildman–Crippen MR) is 60.3 cm³/mol. The number of ether oxygens (including phenoxy) is 1. The number of hydrogen-bond donors (Lipinski definition) is 1. The Balaban J connectivity index is 1.90. The van der Waals surface area contributed by atoms with Gasteiger partial charge in [0.1, 0.15) is 6.10 Å². The summed E-state index contributed by atoms with van der Waals surface area (Å²) in [5, 5.41) is 7.44. The second-order valence-corrected chi connectivity index (χ2v) is 4.05. The molecule has 3 rings (SSSR count). The van der Waals surface area contributed by atoms with Crippen LogP contribution in [0.4, 0.5) is 6.01 Å². The number of anilines is 1. The van der Waals surface area contributed by atoms with E-state index in [1.54, 1.807) is 6.07 Å². The Bertz CT molecular complexity index is 548. The zero-order valence-electron chi connectivity index (χ0n) is 9.38. The maximum Gasteiger partial charge on any atom is 0.313 e. The summed E-state index contributed by atoms with van der Waals surface area (Å²) in [5.74, 6) is 1.02. The molecule has 2 aromatic rings. The van der Waals surface area contributed by atoms with E-state index in [9.17, 15) is 0 Å². The van der Waals surface area contributed by atoms with Gasteiger partial charge < -0.3 is 14.9 Å². The van der Waals surface area contributed by atoms with Gasteiger partial charge in [-0.1, -0.05) is 5.10 Å². The molecule has 0 aliphatic heterocycles. The Morgan fingerprint density at radius 3 is 2.76 bits per heavy atom. The van der Waals surface area contributed by atoms with E-state index in [0.29, 0.717) is 17.9 Å². The summed E-state index contributed by atoms with van der Waals surface area (Å²) < 4.78 is 10.8. The standard InChI is InChI=1S/C11H12N4O2/c1-6-8(10-14-15-11(12)17-10)4-5-9(13-6)16-7-2-3-7/h4-5,7H,2-3H2,1H3,(H2,12,15). The smallest absolute Gasteiger partial charge is 0.313 e. The van der Waals surface area contributed by atoms with Gasteiger partial charge in [0.25, 0.3) is 5.89 Å². The Kier molecular flexibility index (Phi) is 2.21. The van der Waals surface area contributed by atoms with Crippen molar-refractivity contribution in [1.82, 2.24) is 15.2 Å². The summed E-state index contributed by atoms with van der Waals surface area (Å²) in [5.41, 5.74) is 6.94. The van der Waals surface area contributed by atoms with E-state index >= 15 is 0 Å². The third-order valence-electron chi connectivity index (χ3n) is 2.54. The highest BCUT2D eigenvalue weighted by atomic mass is 16.5. The maximum absolute atomic E-state index is 5.60. The normalized spacial score (nSPS) is 14.9. The molecule has 2 aromatic heterocycles. The number of aromatic nitrogens is 3. The van der Waals surface area contributed by atoms with Crippen LogP contribution in [0.15, 0.2) is 16.5 Å². The third kappa shape index (κ3) is 2.06. The summed E-state index contributed by atoms with van der Waals surface area (Å²) in [7, 11) is 0. The Morgan fingerprint density at radius 2 is 2.18 bits per heavy atom. The van der Waals surface area contributed by atoms with Gasteiger partial charge in [0, 0.05) is 6.07 Å². The van der Waals surface area contributed by atoms with Crippen molar-refractivity contribution in [3.63, 3.8) is 0 Å². The van der Waals surface area contributed by atoms with Crippen LogP contribution in [0.5, 0.6) is 5.88 Å². The minimum atomic E-state index is 0.0534. The molecule has 0 spiro atoms. The molecule has 17 heavy (non-hydrogen) atoms. The molecule has 6 heteroatoms. The Labute approximate surface area is 97.8 Å². The number of nitrogens with two attached hydrogens (primary N) is 1. The molecule has 1 aliphatic carbocycles.